The molecule has 0 atom stereocenters. The van der Waals surface area contributed by atoms with Gasteiger partial charge in [-0.3, -0.25) is 0 Å². The van der Waals surface area contributed by atoms with Gasteiger partial charge in [-0.05, 0) is 29.8 Å². The van der Waals surface area contributed by atoms with Crippen LogP contribution in [0.2, 0.25) is 0 Å². The van der Waals surface area contributed by atoms with Crippen LogP contribution in [0, 0.1) is 0 Å². The molecule has 4 heteroatoms. The van der Waals surface area contributed by atoms with Crippen LogP contribution in [-0.2, 0) is 6.61 Å². The molecule has 2 rings (SSSR count). The van der Waals surface area contributed by atoms with E-state index < -0.39 is 0 Å². The summed E-state index contributed by atoms with van der Waals surface area (Å²) in [5, 5.41) is 8.87. The van der Waals surface area contributed by atoms with Crippen LogP contribution in [0.5, 0.6) is 11.6 Å². The number of hydrogen-bond acceptors (Lipinski definition) is 3. The molecule has 0 saturated carbocycles. The van der Waals surface area contributed by atoms with Crippen molar-refractivity contribution in [3.8, 4) is 11.6 Å². The Kier molecular flexibility index (Phi) is 3.54. The summed E-state index contributed by atoms with van der Waals surface area (Å²) in [5.74, 6) is 1.23. The Labute approximate surface area is 102 Å². The summed E-state index contributed by atoms with van der Waals surface area (Å²) in [5.41, 5.74) is 0.765. The van der Waals surface area contributed by atoms with Gasteiger partial charge in [-0.25, -0.2) is 4.98 Å². The second kappa shape index (κ2) is 5.09. The maximum atomic E-state index is 8.87. The zero-order chi connectivity index (χ0) is 11.4. The summed E-state index contributed by atoms with van der Waals surface area (Å²) >= 11 is 3.36. The van der Waals surface area contributed by atoms with Crippen LogP contribution >= 0.6 is 15.9 Å². The van der Waals surface area contributed by atoms with Crippen LogP contribution in [0.15, 0.2) is 47.1 Å². The zero-order valence-electron chi connectivity index (χ0n) is 8.43. The molecule has 2 aromatic rings. The molecule has 0 saturated heterocycles. The number of aliphatic hydroxyl groups is 1. The number of ether oxygens (including phenoxy) is 1. The third-order valence-corrected chi connectivity index (χ3v) is 2.49. The molecule has 0 aliphatic heterocycles. The minimum absolute atomic E-state index is 0.00976. The number of aliphatic hydroxyl groups excluding tert-OH is 1. The van der Waals surface area contributed by atoms with Crippen molar-refractivity contribution in [2.45, 2.75) is 6.61 Å². The first kappa shape index (κ1) is 11.1. The van der Waals surface area contributed by atoms with Gasteiger partial charge in [0, 0.05) is 16.7 Å². The van der Waals surface area contributed by atoms with Crippen molar-refractivity contribution >= 4 is 15.9 Å². The molecule has 0 amide bonds. The lowest BCUT2D eigenvalue weighted by molar-refractivity contribution is 0.281. The highest BCUT2D eigenvalue weighted by molar-refractivity contribution is 9.10. The fraction of sp³-hybridized carbons (Fsp3) is 0.0833. The smallest absolute Gasteiger partial charge is 0.219 e. The number of nitrogens with zero attached hydrogens (tertiary/aromatic N) is 1. The second-order valence-corrected chi connectivity index (χ2v) is 4.14. The molecule has 1 heterocycles. The van der Waals surface area contributed by atoms with Crippen LogP contribution in [0.4, 0.5) is 0 Å². The van der Waals surface area contributed by atoms with Crippen LogP contribution < -0.4 is 4.74 Å². The second-order valence-electron chi connectivity index (χ2n) is 3.22. The first-order valence-electron chi connectivity index (χ1n) is 4.77. The van der Waals surface area contributed by atoms with Crippen molar-refractivity contribution in [3.63, 3.8) is 0 Å². The van der Waals surface area contributed by atoms with Crippen molar-refractivity contribution in [1.29, 1.82) is 0 Å². The van der Waals surface area contributed by atoms with E-state index in [1.807, 2.05) is 24.3 Å². The standard InChI is InChI=1S/C12H10BrNO2/c13-10-2-1-3-11(6-10)16-12-5-4-9(8-15)7-14-12/h1-7,15H,8H2. The Morgan fingerprint density at radius 2 is 2.12 bits per heavy atom. The Hall–Kier alpha value is -1.39. The minimum atomic E-state index is -0.00976. The lowest BCUT2D eigenvalue weighted by atomic mass is 10.3. The molecular weight excluding hydrogens is 270 g/mol. The summed E-state index contributed by atoms with van der Waals surface area (Å²) in [6.07, 6.45) is 1.59. The van der Waals surface area contributed by atoms with E-state index in [-0.39, 0.29) is 6.61 Å². The third kappa shape index (κ3) is 2.81. The molecular formula is C12H10BrNO2. The predicted molar refractivity (Wildman–Crippen MR) is 64.4 cm³/mol. The van der Waals surface area contributed by atoms with Gasteiger partial charge in [0.1, 0.15) is 5.75 Å². The average molecular weight is 280 g/mol. The summed E-state index contributed by atoms with van der Waals surface area (Å²) in [6.45, 7) is -0.00976. The number of hydrogen-bond donors (Lipinski definition) is 1. The number of aromatic nitrogens is 1. The van der Waals surface area contributed by atoms with E-state index in [1.165, 1.54) is 0 Å². The Bertz CT molecular complexity index is 471. The van der Waals surface area contributed by atoms with E-state index in [0.717, 1.165) is 15.8 Å². The molecule has 0 unspecified atom stereocenters. The first-order valence-corrected chi connectivity index (χ1v) is 5.56. The maximum absolute atomic E-state index is 8.87. The van der Waals surface area contributed by atoms with Crippen molar-refractivity contribution in [3.05, 3.63) is 52.6 Å². The molecule has 0 aliphatic rings. The molecule has 0 fully saturated rings. The molecule has 82 valence electrons. The van der Waals surface area contributed by atoms with E-state index in [4.69, 9.17) is 9.84 Å². The van der Waals surface area contributed by atoms with Gasteiger partial charge < -0.3 is 9.84 Å². The fourth-order valence-electron chi connectivity index (χ4n) is 1.22. The number of pyridine rings is 1. The topological polar surface area (TPSA) is 42.4 Å². The monoisotopic (exact) mass is 279 g/mol. The number of benzene rings is 1. The molecule has 0 radical (unpaired) electrons. The largest absolute Gasteiger partial charge is 0.439 e. The highest BCUT2D eigenvalue weighted by Gasteiger charge is 1.99. The number of halogens is 1. The summed E-state index contributed by atoms with van der Waals surface area (Å²) in [4.78, 5) is 4.08. The summed E-state index contributed by atoms with van der Waals surface area (Å²) in [6, 6.07) is 11.0. The van der Waals surface area contributed by atoms with Gasteiger partial charge in [0.25, 0.3) is 0 Å². The lowest BCUT2D eigenvalue weighted by Gasteiger charge is -2.05. The predicted octanol–water partition coefficient (Wildman–Crippen LogP) is 3.13. The van der Waals surface area contributed by atoms with Crippen molar-refractivity contribution < 1.29 is 9.84 Å². The van der Waals surface area contributed by atoms with Crippen LogP contribution in [0.3, 0.4) is 0 Å². The normalized spacial score (nSPS) is 10.1. The van der Waals surface area contributed by atoms with Gasteiger partial charge in [-0.1, -0.05) is 22.0 Å². The first-order chi connectivity index (χ1) is 7.78. The number of rotatable bonds is 3. The highest BCUT2D eigenvalue weighted by atomic mass is 79.9. The molecule has 1 aromatic heterocycles. The molecule has 16 heavy (non-hydrogen) atoms. The van der Waals surface area contributed by atoms with Crippen molar-refractivity contribution in [2.24, 2.45) is 0 Å². The van der Waals surface area contributed by atoms with Gasteiger partial charge in [0.15, 0.2) is 0 Å². The van der Waals surface area contributed by atoms with Crippen LogP contribution in [-0.4, -0.2) is 10.1 Å². The molecule has 0 aliphatic carbocycles. The summed E-state index contributed by atoms with van der Waals surface area (Å²) in [7, 11) is 0. The van der Waals surface area contributed by atoms with Crippen molar-refractivity contribution in [2.75, 3.05) is 0 Å². The van der Waals surface area contributed by atoms with E-state index >= 15 is 0 Å². The van der Waals surface area contributed by atoms with Gasteiger partial charge in [-0.2, -0.15) is 0 Å². The quantitative estimate of drug-likeness (QED) is 0.939. The van der Waals surface area contributed by atoms with E-state index in [9.17, 15) is 0 Å². The molecule has 0 spiro atoms. The SMILES string of the molecule is OCc1ccc(Oc2cccc(Br)c2)nc1. The van der Waals surface area contributed by atoms with Gasteiger partial charge >= 0.3 is 0 Å². The molecule has 3 nitrogen and oxygen atoms in total. The fourth-order valence-corrected chi connectivity index (χ4v) is 1.59. The minimum Gasteiger partial charge on any atom is -0.439 e. The van der Waals surface area contributed by atoms with Crippen LogP contribution in [0.25, 0.3) is 0 Å². The maximum Gasteiger partial charge on any atom is 0.219 e. The Morgan fingerprint density at radius 3 is 2.75 bits per heavy atom. The highest BCUT2D eigenvalue weighted by Crippen LogP contribution is 2.22. The molecule has 1 N–H and O–H groups in total. The van der Waals surface area contributed by atoms with E-state index in [2.05, 4.69) is 20.9 Å². The molecule has 1 aromatic carbocycles. The van der Waals surface area contributed by atoms with Crippen LogP contribution in [0.1, 0.15) is 5.56 Å². The average Bonchev–Trinajstić information content (AvgIpc) is 2.30. The molecule has 0 bridgehead atoms. The lowest BCUT2D eigenvalue weighted by Crippen LogP contribution is -1.89. The van der Waals surface area contributed by atoms with Gasteiger partial charge in [-0.15, -0.1) is 0 Å². The van der Waals surface area contributed by atoms with Gasteiger partial charge in [0.05, 0.1) is 6.61 Å². The summed E-state index contributed by atoms with van der Waals surface area (Å²) < 4.78 is 6.49. The Morgan fingerprint density at radius 1 is 1.25 bits per heavy atom. The Balaban J connectivity index is 2.14. The van der Waals surface area contributed by atoms with Gasteiger partial charge in [0.2, 0.25) is 5.88 Å². The third-order valence-electron chi connectivity index (χ3n) is 2.00. The van der Waals surface area contributed by atoms with E-state index in [0.29, 0.717) is 5.88 Å². The van der Waals surface area contributed by atoms with Crippen molar-refractivity contribution in [1.82, 2.24) is 4.98 Å². The van der Waals surface area contributed by atoms with E-state index in [1.54, 1.807) is 18.3 Å². The zero-order valence-corrected chi connectivity index (χ0v) is 10.0.